The maximum absolute atomic E-state index is 12.7. The van der Waals surface area contributed by atoms with Gasteiger partial charge in [0.1, 0.15) is 11.5 Å². The molecule has 0 bridgehead atoms. The van der Waals surface area contributed by atoms with Gasteiger partial charge in [-0.15, -0.1) is 0 Å². The molecule has 2 aromatic rings. The molecule has 1 fully saturated rings. The van der Waals surface area contributed by atoms with Gasteiger partial charge in [0.05, 0.1) is 18.8 Å². The number of halogens is 3. The quantitative estimate of drug-likeness (QED) is 0.765. The maximum Gasteiger partial charge on any atom is 0.416 e. The SMILES string of the molecule is FC(F)(F)c1cccc(OCC2(COc3[c]cccc3)CC2)c1. The lowest BCUT2D eigenvalue weighted by atomic mass is 10.1. The Hall–Kier alpha value is -2.17. The van der Waals surface area contributed by atoms with E-state index in [0.29, 0.717) is 19.0 Å². The van der Waals surface area contributed by atoms with Crippen LogP contribution in [0.5, 0.6) is 11.5 Å². The molecule has 3 rings (SSSR count). The first-order valence-corrected chi connectivity index (χ1v) is 7.37. The van der Waals surface area contributed by atoms with Gasteiger partial charge in [0, 0.05) is 11.5 Å². The van der Waals surface area contributed by atoms with Crippen LogP contribution in [0.4, 0.5) is 13.2 Å². The summed E-state index contributed by atoms with van der Waals surface area (Å²) in [5, 5.41) is 0. The van der Waals surface area contributed by atoms with E-state index in [1.54, 1.807) is 6.07 Å². The van der Waals surface area contributed by atoms with E-state index in [9.17, 15) is 13.2 Å². The number of hydrogen-bond acceptors (Lipinski definition) is 2. The summed E-state index contributed by atoms with van der Waals surface area (Å²) in [6, 6.07) is 15.3. The van der Waals surface area contributed by atoms with Gasteiger partial charge in [0.15, 0.2) is 0 Å². The van der Waals surface area contributed by atoms with Crippen molar-refractivity contribution in [1.29, 1.82) is 0 Å². The number of alkyl halides is 3. The minimum atomic E-state index is -4.36. The first-order valence-electron chi connectivity index (χ1n) is 7.37. The van der Waals surface area contributed by atoms with Crippen LogP contribution >= 0.6 is 0 Å². The molecule has 0 aromatic heterocycles. The molecule has 0 amide bonds. The van der Waals surface area contributed by atoms with Crippen molar-refractivity contribution in [2.45, 2.75) is 19.0 Å². The Morgan fingerprint density at radius 3 is 2.43 bits per heavy atom. The maximum atomic E-state index is 12.7. The molecule has 0 saturated heterocycles. The molecule has 2 aromatic carbocycles. The Bertz CT molecular complexity index is 649. The Kier molecular flexibility index (Phi) is 4.20. The van der Waals surface area contributed by atoms with Gasteiger partial charge in [-0.2, -0.15) is 13.2 Å². The van der Waals surface area contributed by atoms with E-state index in [4.69, 9.17) is 9.47 Å². The lowest BCUT2D eigenvalue weighted by molar-refractivity contribution is -0.137. The number of benzene rings is 2. The van der Waals surface area contributed by atoms with Crippen molar-refractivity contribution in [2.75, 3.05) is 13.2 Å². The third-order valence-electron chi connectivity index (χ3n) is 3.88. The van der Waals surface area contributed by atoms with E-state index in [1.807, 2.05) is 18.2 Å². The summed E-state index contributed by atoms with van der Waals surface area (Å²) in [5.74, 6) is 0.898. The summed E-state index contributed by atoms with van der Waals surface area (Å²) in [6.07, 6.45) is -2.47. The zero-order valence-electron chi connectivity index (χ0n) is 12.4. The second-order valence-corrected chi connectivity index (χ2v) is 5.83. The van der Waals surface area contributed by atoms with Crippen molar-refractivity contribution in [3.63, 3.8) is 0 Å². The van der Waals surface area contributed by atoms with E-state index in [-0.39, 0.29) is 11.2 Å². The Labute approximate surface area is 132 Å². The summed E-state index contributed by atoms with van der Waals surface area (Å²) in [6.45, 7) is 0.827. The molecular formula is C18H16F3O2. The molecule has 121 valence electrons. The number of hydrogen-bond donors (Lipinski definition) is 0. The standard InChI is InChI=1S/C18H16F3O2/c19-18(20,21)14-5-4-8-16(11-14)23-13-17(9-10-17)12-22-15-6-2-1-3-7-15/h1-6,8,11H,9-10,12-13H2. The Morgan fingerprint density at radius 1 is 1.00 bits per heavy atom. The molecule has 0 spiro atoms. The van der Waals surface area contributed by atoms with Crippen molar-refractivity contribution in [3.8, 4) is 11.5 Å². The fourth-order valence-corrected chi connectivity index (χ4v) is 2.20. The van der Waals surface area contributed by atoms with Crippen molar-refractivity contribution in [1.82, 2.24) is 0 Å². The third kappa shape index (κ3) is 4.18. The number of para-hydroxylation sites is 1. The van der Waals surface area contributed by atoms with E-state index >= 15 is 0 Å². The molecule has 5 heteroatoms. The molecule has 1 radical (unpaired) electrons. The lowest BCUT2D eigenvalue weighted by Gasteiger charge is -2.17. The molecular weight excluding hydrogens is 305 g/mol. The van der Waals surface area contributed by atoms with Crippen LogP contribution in [-0.4, -0.2) is 13.2 Å². The summed E-state index contributed by atoms with van der Waals surface area (Å²) >= 11 is 0. The molecule has 1 aliphatic carbocycles. The highest BCUT2D eigenvalue weighted by Gasteiger charge is 2.44. The molecule has 2 nitrogen and oxygen atoms in total. The number of ether oxygens (including phenoxy) is 2. The van der Waals surface area contributed by atoms with Crippen LogP contribution in [0.2, 0.25) is 0 Å². The molecule has 23 heavy (non-hydrogen) atoms. The van der Waals surface area contributed by atoms with Gasteiger partial charge in [-0.3, -0.25) is 0 Å². The molecule has 1 saturated carbocycles. The highest BCUT2D eigenvalue weighted by atomic mass is 19.4. The molecule has 0 unspecified atom stereocenters. The van der Waals surface area contributed by atoms with Crippen molar-refractivity contribution in [3.05, 3.63) is 60.2 Å². The van der Waals surface area contributed by atoms with Crippen LogP contribution in [0, 0.1) is 11.5 Å². The van der Waals surface area contributed by atoms with Gasteiger partial charge in [-0.05, 0) is 37.1 Å². The largest absolute Gasteiger partial charge is 0.493 e. The van der Waals surface area contributed by atoms with Crippen LogP contribution < -0.4 is 9.47 Å². The summed E-state index contributed by atoms with van der Waals surface area (Å²) < 4.78 is 49.3. The van der Waals surface area contributed by atoms with Gasteiger partial charge < -0.3 is 9.47 Å². The van der Waals surface area contributed by atoms with Crippen LogP contribution in [-0.2, 0) is 6.18 Å². The minimum absolute atomic E-state index is 0.113. The van der Waals surface area contributed by atoms with E-state index in [0.717, 1.165) is 25.0 Å². The summed E-state index contributed by atoms with van der Waals surface area (Å²) in [5.41, 5.74) is -0.812. The van der Waals surface area contributed by atoms with Crippen LogP contribution in [0.3, 0.4) is 0 Å². The molecule has 1 aliphatic rings. The Morgan fingerprint density at radius 2 is 1.78 bits per heavy atom. The number of rotatable bonds is 6. The van der Waals surface area contributed by atoms with Gasteiger partial charge in [0.25, 0.3) is 0 Å². The fourth-order valence-electron chi connectivity index (χ4n) is 2.20. The van der Waals surface area contributed by atoms with E-state index in [1.165, 1.54) is 12.1 Å². The molecule has 0 aliphatic heterocycles. The van der Waals surface area contributed by atoms with E-state index in [2.05, 4.69) is 6.07 Å². The zero-order chi connectivity index (χ0) is 16.3. The first kappa shape index (κ1) is 15.7. The van der Waals surface area contributed by atoms with Gasteiger partial charge in [-0.25, -0.2) is 0 Å². The van der Waals surface area contributed by atoms with Crippen molar-refractivity contribution in [2.24, 2.45) is 5.41 Å². The molecule has 0 N–H and O–H groups in total. The van der Waals surface area contributed by atoms with Gasteiger partial charge >= 0.3 is 6.18 Å². The second-order valence-electron chi connectivity index (χ2n) is 5.83. The fraction of sp³-hybridized carbons (Fsp3) is 0.333. The van der Waals surface area contributed by atoms with Crippen LogP contribution in [0.25, 0.3) is 0 Å². The van der Waals surface area contributed by atoms with Crippen LogP contribution in [0.1, 0.15) is 18.4 Å². The van der Waals surface area contributed by atoms with Crippen molar-refractivity contribution < 1.29 is 22.6 Å². The zero-order valence-corrected chi connectivity index (χ0v) is 12.4. The predicted octanol–water partition coefficient (Wildman–Crippen LogP) is 4.74. The van der Waals surface area contributed by atoms with Crippen molar-refractivity contribution >= 4 is 0 Å². The third-order valence-corrected chi connectivity index (χ3v) is 3.88. The highest BCUT2D eigenvalue weighted by Crippen LogP contribution is 2.46. The van der Waals surface area contributed by atoms with Gasteiger partial charge in [0.2, 0.25) is 0 Å². The normalized spacial score (nSPS) is 16.0. The molecule has 0 atom stereocenters. The first-order chi connectivity index (χ1) is 11.0. The highest BCUT2D eigenvalue weighted by molar-refractivity contribution is 5.30. The summed E-state index contributed by atoms with van der Waals surface area (Å²) in [7, 11) is 0. The smallest absolute Gasteiger partial charge is 0.416 e. The average molecular weight is 321 g/mol. The van der Waals surface area contributed by atoms with E-state index < -0.39 is 11.7 Å². The lowest BCUT2D eigenvalue weighted by Crippen LogP contribution is -2.21. The average Bonchev–Trinajstić information content (AvgIpc) is 3.32. The van der Waals surface area contributed by atoms with Gasteiger partial charge in [-0.1, -0.05) is 24.3 Å². The monoisotopic (exact) mass is 321 g/mol. The topological polar surface area (TPSA) is 18.5 Å². The predicted molar refractivity (Wildman–Crippen MR) is 79.4 cm³/mol. The van der Waals surface area contributed by atoms with Crippen LogP contribution in [0.15, 0.2) is 48.5 Å². The molecule has 0 heterocycles. The Balaban J connectivity index is 1.56. The minimum Gasteiger partial charge on any atom is -0.493 e. The second kappa shape index (κ2) is 6.14. The summed E-state index contributed by atoms with van der Waals surface area (Å²) in [4.78, 5) is 0.